The second-order valence-corrected chi connectivity index (χ2v) is 13.5. The van der Waals surface area contributed by atoms with E-state index >= 15 is 0 Å². The third kappa shape index (κ3) is 6.80. The Kier molecular flexibility index (Phi) is 9.23. The number of nitrogens with one attached hydrogen (secondary N) is 1. The number of benzene rings is 3. The number of morpholine rings is 1. The molecule has 42 heavy (non-hydrogen) atoms. The molecule has 1 aliphatic heterocycles. The quantitative estimate of drug-likeness (QED) is 0.289. The molecule has 0 unspecified atom stereocenters. The third-order valence-corrected chi connectivity index (χ3v) is 9.92. The van der Waals surface area contributed by atoms with Crippen LogP contribution < -0.4 is 4.72 Å². The van der Waals surface area contributed by atoms with Crippen LogP contribution in [0.25, 0.3) is 0 Å². The molecule has 11 heteroatoms. The number of amides is 2. The van der Waals surface area contributed by atoms with Gasteiger partial charge < -0.3 is 9.64 Å². The molecular formula is C31H31Cl2FN2O5S. The molecule has 5 rings (SSSR count). The summed E-state index contributed by atoms with van der Waals surface area (Å²) in [6.07, 6.45) is 0.0397. The number of hydrogen-bond donors (Lipinski definition) is 1. The first-order valence-corrected chi connectivity index (χ1v) is 16.2. The molecule has 3 aromatic carbocycles. The van der Waals surface area contributed by atoms with Crippen LogP contribution in [0.1, 0.15) is 61.4 Å². The van der Waals surface area contributed by atoms with Crippen molar-refractivity contribution in [3.8, 4) is 0 Å². The third-order valence-electron chi connectivity index (χ3n) is 7.58. The molecule has 1 saturated carbocycles. The molecule has 222 valence electrons. The topological polar surface area (TPSA) is 92.8 Å². The molecule has 1 aliphatic carbocycles. The van der Waals surface area contributed by atoms with E-state index in [4.69, 9.17) is 27.9 Å². The normalized spacial score (nSPS) is 21.7. The minimum absolute atomic E-state index is 0.119. The van der Waals surface area contributed by atoms with Crippen LogP contribution in [0.4, 0.5) is 4.39 Å². The number of hydrogen-bond acceptors (Lipinski definition) is 5. The molecule has 2 amide bonds. The van der Waals surface area contributed by atoms with Gasteiger partial charge in [-0.05, 0) is 72.4 Å². The van der Waals surface area contributed by atoms with Crippen LogP contribution in [0.3, 0.4) is 0 Å². The number of rotatable bonds is 10. The number of carbonyl (C=O) groups excluding carboxylic acids is 2. The Balaban J connectivity index is 1.62. The van der Waals surface area contributed by atoms with Crippen molar-refractivity contribution < 1.29 is 27.1 Å². The molecule has 0 spiro atoms. The fraction of sp³-hybridized carbons (Fsp3) is 0.355. The Morgan fingerprint density at radius 2 is 1.55 bits per heavy atom. The maximum absolute atomic E-state index is 14.4. The van der Waals surface area contributed by atoms with Gasteiger partial charge in [0.25, 0.3) is 11.8 Å². The largest absolute Gasteiger partial charge is 0.358 e. The van der Waals surface area contributed by atoms with Gasteiger partial charge in [0.05, 0.1) is 11.3 Å². The summed E-state index contributed by atoms with van der Waals surface area (Å²) >= 11 is 12.4. The summed E-state index contributed by atoms with van der Waals surface area (Å²) in [7, 11) is -3.87. The summed E-state index contributed by atoms with van der Waals surface area (Å²) in [6, 6.07) is 17.8. The fourth-order valence-corrected chi connectivity index (χ4v) is 6.92. The molecule has 0 aromatic heterocycles. The van der Waals surface area contributed by atoms with Gasteiger partial charge in [-0.25, -0.2) is 12.8 Å². The predicted octanol–water partition coefficient (Wildman–Crippen LogP) is 6.16. The van der Waals surface area contributed by atoms with Gasteiger partial charge in [-0.2, -0.15) is 0 Å². The molecular weight excluding hydrogens is 602 g/mol. The van der Waals surface area contributed by atoms with Crippen molar-refractivity contribution in [1.82, 2.24) is 9.62 Å². The molecule has 1 N–H and O–H groups in total. The minimum atomic E-state index is -3.87. The van der Waals surface area contributed by atoms with Gasteiger partial charge in [-0.3, -0.25) is 14.3 Å². The predicted molar refractivity (Wildman–Crippen MR) is 159 cm³/mol. The van der Waals surface area contributed by atoms with Crippen molar-refractivity contribution in [3.63, 3.8) is 0 Å². The van der Waals surface area contributed by atoms with Gasteiger partial charge in [0.15, 0.2) is 0 Å². The first-order valence-electron chi connectivity index (χ1n) is 13.9. The molecule has 0 radical (unpaired) electrons. The number of halogens is 3. The lowest BCUT2D eigenvalue weighted by Gasteiger charge is -2.47. The zero-order chi connectivity index (χ0) is 30.0. The molecule has 2 aliphatic rings. The van der Waals surface area contributed by atoms with E-state index in [-0.39, 0.29) is 12.8 Å². The molecule has 0 bridgehead atoms. The van der Waals surface area contributed by atoms with E-state index in [1.165, 1.54) is 17.0 Å². The number of carbonyl (C=O) groups is 2. The number of sulfonamides is 1. The van der Waals surface area contributed by atoms with Crippen LogP contribution in [0.15, 0.2) is 72.8 Å². The van der Waals surface area contributed by atoms with Gasteiger partial charge >= 0.3 is 0 Å². The smallest absolute Gasteiger partial charge is 0.256 e. The first kappa shape index (κ1) is 30.5. The maximum Gasteiger partial charge on any atom is 0.256 e. The van der Waals surface area contributed by atoms with Crippen LogP contribution in [-0.4, -0.2) is 42.5 Å². The van der Waals surface area contributed by atoms with Crippen LogP contribution in [-0.2, 0) is 30.8 Å². The van der Waals surface area contributed by atoms with Crippen LogP contribution in [0, 0.1) is 5.82 Å². The number of ether oxygens (including phenoxy) is 1. The Morgan fingerprint density at radius 3 is 2.10 bits per heavy atom. The van der Waals surface area contributed by atoms with Crippen molar-refractivity contribution in [3.05, 3.63) is 105 Å². The molecule has 7 nitrogen and oxygen atoms in total. The molecule has 2 fully saturated rings. The molecule has 3 aromatic rings. The summed E-state index contributed by atoms with van der Waals surface area (Å²) in [6.45, 7) is 1.87. The van der Waals surface area contributed by atoms with Crippen molar-refractivity contribution >= 4 is 45.0 Å². The van der Waals surface area contributed by atoms with Crippen LogP contribution >= 0.6 is 23.2 Å². The zero-order valence-corrected chi connectivity index (χ0v) is 25.2. The Morgan fingerprint density at radius 1 is 0.976 bits per heavy atom. The average Bonchev–Trinajstić information content (AvgIpc) is 3.82. The van der Waals surface area contributed by atoms with E-state index < -0.39 is 57.2 Å². The summed E-state index contributed by atoms with van der Waals surface area (Å²) in [5, 5.41) is 0.398. The Hall–Kier alpha value is -2.98. The standard InChI is InChI=1S/C31H31Cl2FN2O5S/c1-2-3-26(30(37)35-42(39,40)25-16-17-25)36-28(20-6-10-22(32)11-7-20)29(21-8-12-23(33)13-9-21)41-27(31(36)38)18-19-4-14-24(34)15-5-19/h4-15,25-29H,2-3,16-18H2,1H3,(H,35,37)/t26-,27+,28-,29-/m1/s1. The summed E-state index contributed by atoms with van der Waals surface area (Å²) in [4.78, 5) is 29.6. The highest BCUT2D eigenvalue weighted by Crippen LogP contribution is 2.44. The van der Waals surface area contributed by atoms with Crippen LogP contribution in [0.2, 0.25) is 10.0 Å². The van der Waals surface area contributed by atoms with E-state index in [0.29, 0.717) is 46.0 Å². The highest BCUT2D eigenvalue weighted by Gasteiger charge is 2.49. The van der Waals surface area contributed by atoms with E-state index in [1.807, 2.05) is 6.92 Å². The average molecular weight is 634 g/mol. The van der Waals surface area contributed by atoms with Gasteiger partial charge in [0.1, 0.15) is 24.1 Å². The lowest BCUT2D eigenvalue weighted by molar-refractivity contribution is -0.181. The van der Waals surface area contributed by atoms with E-state index in [1.54, 1.807) is 60.7 Å². The van der Waals surface area contributed by atoms with Gasteiger partial charge in [0, 0.05) is 16.5 Å². The van der Waals surface area contributed by atoms with Gasteiger partial charge in [0.2, 0.25) is 10.0 Å². The summed E-state index contributed by atoms with van der Waals surface area (Å²) in [5.74, 6) is -1.63. The Bertz CT molecular complexity index is 1530. The summed E-state index contributed by atoms with van der Waals surface area (Å²) in [5.41, 5.74) is 2.04. The van der Waals surface area contributed by atoms with E-state index in [9.17, 15) is 22.4 Å². The van der Waals surface area contributed by atoms with Gasteiger partial charge in [-0.15, -0.1) is 0 Å². The first-order chi connectivity index (χ1) is 20.1. The molecule has 1 saturated heterocycles. The maximum atomic E-state index is 14.4. The molecule has 4 atom stereocenters. The fourth-order valence-electron chi connectivity index (χ4n) is 5.32. The highest BCUT2D eigenvalue weighted by molar-refractivity contribution is 7.90. The second-order valence-electron chi connectivity index (χ2n) is 10.7. The second kappa shape index (κ2) is 12.7. The van der Waals surface area contributed by atoms with Gasteiger partial charge in [-0.1, -0.05) is 72.9 Å². The zero-order valence-electron chi connectivity index (χ0n) is 22.9. The summed E-state index contributed by atoms with van der Waals surface area (Å²) < 4.78 is 48.0. The van der Waals surface area contributed by atoms with Crippen molar-refractivity contribution in [1.29, 1.82) is 0 Å². The lowest BCUT2D eigenvalue weighted by Crippen LogP contribution is -2.59. The van der Waals surface area contributed by atoms with E-state index in [0.717, 1.165) is 0 Å². The van der Waals surface area contributed by atoms with Crippen molar-refractivity contribution in [2.75, 3.05) is 0 Å². The SMILES string of the molecule is CCC[C@H](C(=O)NS(=O)(=O)C1CC1)N1C(=O)[C@H](Cc2ccc(F)cc2)O[C@H](c2ccc(Cl)cc2)[C@H]1c1ccc(Cl)cc1. The lowest BCUT2D eigenvalue weighted by atomic mass is 9.88. The number of nitrogens with zero attached hydrogens (tertiary/aromatic N) is 1. The van der Waals surface area contributed by atoms with Crippen LogP contribution in [0.5, 0.6) is 0 Å². The highest BCUT2D eigenvalue weighted by atomic mass is 35.5. The van der Waals surface area contributed by atoms with Crippen molar-refractivity contribution in [2.45, 2.75) is 68.6 Å². The molecule has 1 heterocycles. The van der Waals surface area contributed by atoms with Crippen molar-refractivity contribution in [2.24, 2.45) is 0 Å². The Labute approximate surface area is 255 Å². The monoisotopic (exact) mass is 632 g/mol. The minimum Gasteiger partial charge on any atom is -0.358 e. The van der Waals surface area contributed by atoms with E-state index in [2.05, 4.69) is 4.72 Å².